The molecule has 1 amide bonds. The maximum absolute atomic E-state index is 11.1. The van der Waals surface area contributed by atoms with E-state index in [0.717, 1.165) is 5.75 Å². The highest BCUT2D eigenvalue weighted by Crippen LogP contribution is 2.27. The van der Waals surface area contributed by atoms with Gasteiger partial charge in [-0.1, -0.05) is 41.1 Å². The van der Waals surface area contributed by atoms with Crippen molar-refractivity contribution < 1.29 is 4.79 Å². The standard InChI is InChI=1S/C15H17N3OS/c1-9-5-10(2)7-11(6-9)8-20-15-12(16)3-4-13(18-15)14(17)19/h3-7H,8,16H2,1-2H3,(H2,17,19). The summed E-state index contributed by atoms with van der Waals surface area (Å²) in [5.74, 6) is 0.209. The zero-order valence-corrected chi connectivity index (χ0v) is 12.3. The van der Waals surface area contributed by atoms with Crippen molar-refractivity contribution in [3.05, 3.63) is 52.7 Å². The quantitative estimate of drug-likeness (QED) is 0.847. The van der Waals surface area contributed by atoms with Crippen LogP contribution in [-0.2, 0) is 5.75 Å². The molecule has 0 radical (unpaired) electrons. The SMILES string of the molecule is Cc1cc(C)cc(CSc2nc(C(N)=O)ccc2N)c1. The molecule has 0 fully saturated rings. The van der Waals surface area contributed by atoms with E-state index in [1.165, 1.54) is 28.5 Å². The minimum Gasteiger partial charge on any atom is -0.397 e. The van der Waals surface area contributed by atoms with E-state index in [9.17, 15) is 4.79 Å². The normalized spacial score (nSPS) is 10.5. The molecule has 1 aromatic carbocycles. The summed E-state index contributed by atoms with van der Waals surface area (Å²) < 4.78 is 0. The molecule has 1 aromatic heterocycles. The molecular formula is C15H17N3OS. The largest absolute Gasteiger partial charge is 0.397 e. The second-order valence-corrected chi connectivity index (χ2v) is 5.70. The zero-order valence-electron chi connectivity index (χ0n) is 11.5. The van der Waals surface area contributed by atoms with Gasteiger partial charge in [-0.05, 0) is 31.5 Å². The highest BCUT2D eigenvalue weighted by molar-refractivity contribution is 7.98. The van der Waals surface area contributed by atoms with Crippen LogP contribution in [0.15, 0.2) is 35.4 Å². The van der Waals surface area contributed by atoms with E-state index < -0.39 is 5.91 Å². The first-order valence-electron chi connectivity index (χ1n) is 6.22. The third kappa shape index (κ3) is 3.51. The first-order chi connectivity index (χ1) is 9.45. The van der Waals surface area contributed by atoms with E-state index in [0.29, 0.717) is 10.7 Å². The molecule has 0 spiro atoms. The summed E-state index contributed by atoms with van der Waals surface area (Å²) in [5.41, 5.74) is 15.6. The molecule has 4 N–H and O–H groups in total. The zero-order chi connectivity index (χ0) is 14.7. The van der Waals surface area contributed by atoms with Gasteiger partial charge in [0, 0.05) is 5.75 Å². The van der Waals surface area contributed by atoms with Gasteiger partial charge in [0.25, 0.3) is 5.91 Å². The molecule has 0 aliphatic carbocycles. The second kappa shape index (κ2) is 5.96. The molecule has 20 heavy (non-hydrogen) atoms. The van der Waals surface area contributed by atoms with Crippen LogP contribution in [0.1, 0.15) is 27.2 Å². The Bertz CT molecular complexity index is 635. The van der Waals surface area contributed by atoms with Crippen LogP contribution < -0.4 is 11.5 Å². The lowest BCUT2D eigenvalue weighted by atomic mass is 10.1. The number of nitrogens with two attached hydrogens (primary N) is 2. The molecule has 1 heterocycles. The van der Waals surface area contributed by atoms with E-state index >= 15 is 0 Å². The molecule has 0 saturated carbocycles. The molecule has 0 atom stereocenters. The summed E-state index contributed by atoms with van der Waals surface area (Å²) in [6.45, 7) is 4.14. The molecule has 5 heteroatoms. The Kier molecular flexibility index (Phi) is 4.29. The molecule has 0 saturated heterocycles. The van der Waals surface area contributed by atoms with Gasteiger partial charge in [0.2, 0.25) is 0 Å². The lowest BCUT2D eigenvalue weighted by molar-refractivity contribution is 0.0995. The number of nitrogens with zero attached hydrogens (tertiary/aromatic N) is 1. The van der Waals surface area contributed by atoms with Crippen LogP contribution in [0.3, 0.4) is 0 Å². The van der Waals surface area contributed by atoms with Gasteiger partial charge in [-0.25, -0.2) is 4.98 Å². The molecule has 0 aliphatic rings. The fraction of sp³-hybridized carbons (Fsp3) is 0.200. The van der Waals surface area contributed by atoms with Gasteiger partial charge in [0.15, 0.2) is 0 Å². The van der Waals surface area contributed by atoms with E-state index in [-0.39, 0.29) is 5.69 Å². The number of rotatable bonds is 4. The minimum absolute atomic E-state index is 0.238. The van der Waals surface area contributed by atoms with Crippen molar-refractivity contribution in [2.24, 2.45) is 5.73 Å². The van der Waals surface area contributed by atoms with Gasteiger partial charge >= 0.3 is 0 Å². The Hall–Kier alpha value is -2.01. The fourth-order valence-electron chi connectivity index (χ4n) is 2.01. The maximum Gasteiger partial charge on any atom is 0.267 e. The molecule has 104 valence electrons. The van der Waals surface area contributed by atoms with Gasteiger partial charge in [-0.15, -0.1) is 0 Å². The maximum atomic E-state index is 11.1. The van der Waals surface area contributed by atoms with Crippen LogP contribution >= 0.6 is 11.8 Å². The highest BCUT2D eigenvalue weighted by atomic mass is 32.2. The highest BCUT2D eigenvalue weighted by Gasteiger charge is 2.08. The molecule has 0 aliphatic heterocycles. The number of hydrogen-bond donors (Lipinski definition) is 2. The van der Waals surface area contributed by atoms with E-state index in [4.69, 9.17) is 11.5 Å². The molecule has 0 bridgehead atoms. The third-order valence-corrected chi connectivity index (χ3v) is 3.88. The van der Waals surface area contributed by atoms with Gasteiger partial charge in [-0.3, -0.25) is 4.79 Å². The van der Waals surface area contributed by atoms with Gasteiger partial charge in [-0.2, -0.15) is 0 Å². The molecule has 4 nitrogen and oxygen atoms in total. The summed E-state index contributed by atoms with van der Waals surface area (Å²) in [7, 11) is 0. The van der Waals surface area contributed by atoms with Gasteiger partial charge < -0.3 is 11.5 Å². The average molecular weight is 287 g/mol. The first kappa shape index (κ1) is 14.4. The number of benzene rings is 1. The molecule has 2 aromatic rings. The Morgan fingerprint density at radius 3 is 2.45 bits per heavy atom. The number of aromatic nitrogens is 1. The Labute approximate surface area is 122 Å². The van der Waals surface area contributed by atoms with Crippen LogP contribution in [0, 0.1) is 13.8 Å². The number of thioether (sulfide) groups is 1. The summed E-state index contributed by atoms with van der Waals surface area (Å²) in [6, 6.07) is 9.60. The Morgan fingerprint density at radius 1 is 1.20 bits per heavy atom. The number of anilines is 1. The van der Waals surface area contributed by atoms with E-state index in [1.807, 2.05) is 0 Å². The lowest BCUT2D eigenvalue weighted by Gasteiger charge is -2.07. The monoisotopic (exact) mass is 287 g/mol. The number of nitrogen functional groups attached to an aromatic ring is 1. The van der Waals surface area contributed by atoms with Gasteiger partial charge in [0.05, 0.1) is 5.69 Å². The predicted molar refractivity (Wildman–Crippen MR) is 82.6 cm³/mol. The number of amides is 1. The van der Waals surface area contributed by atoms with Crippen LogP contribution in [0.4, 0.5) is 5.69 Å². The number of pyridine rings is 1. The second-order valence-electron chi connectivity index (χ2n) is 4.74. The summed E-state index contributed by atoms with van der Waals surface area (Å²) in [6.07, 6.45) is 0. The van der Waals surface area contributed by atoms with Crippen LogP contribution in [0.5, 0.6) is 0 Å². The summed E-state index contributed by atoms with van der Waals surface area (Å²) in [4.78, 5) is 15.3. The van der Waals surface area contributed by atoms with Crippen molar-refractivity contribution in [2.75, 3.05) is 5.73 Å². The van der Waals surface area contributed by atoms with Crippen LogP contribution in [-0.4, -0.2) is 10.9 Å². The fourth-order valence-corrected chi connectivity index (χ4v) is 2.88. The number of aryl methyl sites for hydroxylation is 2. The predicted octanol–water partition coefficient (Wildman–Crippen LogP) is 2.67. The average Bonchev–Trinajstić information content (AvgIpc) is 2.36. The smallest absolute Gasteiger partial charge is 0.267 e. The number of primary amides is 1. The number of carbonyl (C=O) groups is 1. The number of hydrogen-bond acceptors (Lipinski definition) is 4. The van der Waals surface area contributed by atoms with Crippen molar-refractivity contribution in [1.82, 2.24) is 4.98 Å². The van der Waals surface area contributed by atoms with Crippen molar-refractivity contribution in [1.29, 1.82) is 0 Å². The Morgan fingerprint density at radius 2 is 1.85 bits per heavy atom. The topological polar surface area (TPSA) is 82.0 Å². The summed E-state index contributed by atoms with van der Waals surface area (Å²) >= 11 is 1.51. The van der Waals surface area contributed by atoms with E-state index in [1.54, 1.807) is 12.1 Å². The minimum atomic E-state index is -0.543. The third-order valence-electron chi connectivity index (χ3n) is 2.80. The lowest BCUT2D eigenvalue weighted by Crippen LogP contribution is -2.13. The van der Waals surface area contributed by atoms with Crippen LogP contribution in [0.25, 0.3) is 0 Å². The van der Waals surface area contributed by atoms with Crippen LogP contribution in [0.2, 0.25) is 0 Å². The molecule has 0 unspecified atom stereocenters. The molecule has 2 rings (SSSR count). The molecular weight excluding hydrogens is 270 g/mol. The van der Waals surface area contributed by atoms with Gasteiger partial charge in [0.1, 0.15) is 10.7 Å². The Balaban J connectivity index is 2.18. The van der Waals surface area contributed by atoms with Crippen molar-refractivity contribution in [2.45, 2.75) is 24.6 Å². The van der Waals surface area contributed by atoms with Crippen molar-refractivity contribution in [3.63, 3.8) is 0 Å². The summed E-state index contributed by atoms with van der Waals surface area (Å²) in [5, 5.41) is 0.639. The van der Waals surface area contributed by atoms with E-state index in [2.05, 4.69) is 37.0 Å². The van der Waals surface area contributed by atoms with Crippen molar-refractivity contribution >= 4 is 23.4 Å². The van der Waals surface area contributed by atoms with Crippen molar-refractivity contribution in [3.8, 4) is 0 Å². The number of carbonyl (C=O) groups excluding carboxylic acids is 1. The first-order valence-corrected chi connectivity index (χ1v) is 7.20.